The lowest BCUT2D eigenvalue weighted by Gasteiger charge is -2.26. The Bertz CT molecular complexity index is 334. The number of ether oxygens (including phenoxy) is 1. The minimum Gasteiger partial charge on any atom is -0.381 e. The van der Waals surface area contributed by atoms with E-state index >= 15 is 0 Å². The minimum absolute atomic E-state index is 0.327. The molecule has 1 unspecified atom stereocenters. The van der Waals surface area contributed by atoms with Gasteiger partial charge in [-0.2, -0.15) is 0 Å². The molecule has 1 aromatic rings. The molecule has 0 aromatic carbocycles. The van der Waals surface area contributed by atoms with Crippen molar-refractivity contribution in [2.24, 2.45) is 11.7 Å². The van der Waals surface area contributed by atoms with Crippen LogP contribution >= 0.6 is 0 Å². The average molecular weight is 223 g/mol. The van der Waals surface area contributed by atoms with E-state index in [-0.39, 0.29) is 5.54 Å². The van der Waals surface area contributed by atoms with Gasteiger partial charge in [-0.3, -0.25) is 0 Å². The molecular weight excluding hydrogens is 202 g/mol. The fraction of sp³-hybridized carbons (Fsp3) is 0.750. The van der Waals surface area contributed by atoms with Crippen molar-refractivity contribution in [2.75, 3.05) is 13.2 Å². The molecule has 0 saturated carbocycles. The molecule has 0 bridgehead atoms. The Balaban J connectivity index is 2.06. The van der Waals surface area contributed by atoms with Crippen molar-refractivity contribution in [3.05, 3.63) is 18.2 Å². The number of nitrogens with two attached hydrogens (primary N) is 1. The number of rotatable bonds is 3. The molecule has 2 rings (SSSR count). The molecule has 4 heteroatoms. The van der Waals surface area contributed by atoms with E-state index in [1.54, 1.807) is 0 Å². The van der Waals surface area contributed by atoms with Gasteiger partial charge < -0.3 is 15.0 Å². The first-order valence-corrected chi connectivity index (χ1v) is 5.94. The standard InChI is InChI=1S/C12H21N3O/c1-12(2,13)11-6-14-9-15(11)7-10-4-3-5-16-8-10/h6,9-10H,3-5,7-8,13H2,1-2H3. The summed E-state index contributed by atoms with van der Waals surface area (Å²) in [5.41, 5.74) is 6.88. The van der Waals surface area contributed by atoms with Crippen molar-refractivity contribution < 1.29 is 4.74 Å². The topological polar surface area (TPSA) is 53.1 Å². The van der Waals surface area contributed by atoms with Crippen LogP contribution in [0.5, 0.6) is 0 Å². The molecule has 1 fully saturated rings. The molecule has 1 aromatic heterocycles. The zero-order valence-corrected chi connectivity index (χ0v) is 10.1. The van der Waals surface area contributed by atoms with E-state index in [1.165, 1.54) is 12.8 Å². The third kappa shape index (κ3) is 2.62. The Hall–Kier alpha value is -0.870. The first-order valence-electron chi connectivity index (χ1n) is 5.94. The summed E-state index contributed by atoms with van der Waals surface area (Å²) in [7, 11) is 0. The Labute approximate surface area is 96.8 Å². The lowest BCUT2D eigenvalue weighted by Crippen LogP contribution is -2.33. The molecule has 2 N–H and O–H groups in total. The first-order chi connectivity index (χ1) is 7.57. The summed E-state index contributed by atoms with van der Waals surface area (Å²) in [6, 6.07) is 0. The minimum atomic E-state index is -0.327. The van der Waals surface area contributed by atoms with E-state index in [0.29, 0.717) is 5.92 Å². The highest BCUT2D eigenvalue weighted by molar-refractivity contribution is 5.09. The predicted molar refractivity (Wildman–Crippen MR) is 63.0 cm³/mol. The summed E-state index contributed by atoms with van der Waals surface area (Å²) in [5, 5.41) is 0. The molecule has 2 heterocycles. The van der Waals surface area contributed by atoms with Crippen LogP contribution in [0.2, 0.25) is 0 Å². The molecule has 4 nitrogen and oxygen atoms in total. The molecule has 1 aliphatic heterocycles. The normalized spacial score (nSPS) is 22.3. The van der Waals surface area contributed by atoms with Gasteiger partial charge >= 0.3 is 0 Å². The average Bonchev–Trinajstić information content (AvgIpc) is 2.67. The van der Waals surface area contributed by atoms with Crippen LogP contribution in [0.3, 0.4) is 0 Å². The van der Waals surface area contributed by atoms with Gasteiger partial charge in [-0.15, -0.1) is 0 Å². The number of imidazole rings is 1. The van der Waals surface area contributed by atoms with Crippen LogP contribution in [-0.4, -0.2) is 22.8 Å². The van der Waals surface area contributed by atoms with Crippen LogP contribution in [0.25, 0.3) is 0 Å². The molecule has 90 valence electrons. The van der Waals surface area contributed by atoms with Gasteiger partial charge in [0.2, 0.25) is 0 Å². The van der Waals surface area contributed by atoms with Gasteiger partial charge in [-0.05, 0) is 26.7 Å². The highest BCUT2D eigenvalue weighted by atomic mass is 16.5. The summed E-state index contributed by atoms with van der Waals surface area (Å²) < 4.78 is 7.66. The number of aromatic nitrogens is 2. The summed E-state index contributed by atoms with van der Waals surface area (Å²) in [6.07, 6.45) is 6.14. The van der Waals surface area contributed by atoms with Gasteiger partial charge in [0.25, 0.3) is 0 Å². The SMILES string of the molecule is CC(C)(N)c1cncn1CC1CCCOC1. The zero-order chi connectivity index (χ0) is 11.6. The molecular formula is C12H21N3O. The van der Waals surface area contributed by atoms with E-state index in [4.69, 9.17) is 10.5 Å². The van der Waals surface area contributed by atoms with Crippen LogP contribution < -0.4 is 5.73 Å². The maximum Gasteiger partial charge on any atom is 0.0948 e. The summed E-state index contributed by atoms with van der Waals surface area (Å²) in [6.45, 7) is 6.77. The maximum absolute atomic E-state index is 6.12. The van der Waals surface area contributed by atoms with E-state index < -0.39 is 0 Å². The van der Waals surface area contributed by atoms with E-state index in [9.17, 15) is 0 Å². The fourth-order valence-corrected chi connectivity index (χ4v) is 2.23. The Morgan fingerprint density at radius 1 is 1.62 bits per heavy atom. The van der Waals surface area contributed by atoms with Gasteiger partial charge in [-0.1, -0.05) is 0 Å². The largest absolute Gasteiger partial charge is 0.381 e. The smallest absolute Gasteiger partial charge is 0.0948 e. The van der Waals surface area contributed by atoms with Crippen LogP contribution in [0.1, 0.15) is 32.4 Å². The van der Waals surface area contributed by atoms with Crippen molar-refractivity contribution in [3.8, 4) is 0 Å². The number of nitrogens with zero attached hydrogens (tertiary/aromatic N) is 2. The van der Waals surface area contributed by atoms with Crippen LogP contribution in [0, 0.1) is 5.92 Å². The van der Waals surface area contributed by atoms with Crippen LogP contribution in [0.15, 0.2) is 12.5 Å². The zero-order valence-electron chi connectivity index (χ0n) is 10.1. The highest BCUT2D eigenvalue weighted by Crippen LogP contribution is 2.20. The Kier molecular flexibility index (Phi) is 3.30. The number of hydrogen-bond donors (Lipinski definition) is 1. The summed E-state index contributed by atoms with van der Waals surface area (Å²) in [5.74, 6) is 0.601. The summed E-state index contributed by atoms with van der Waals surface area (Å²) >= 11 is 0. The molecule has 0 radical (unpaired) electrons. The molecule has 1 aliphatic rings. The third-order valence-electron chi connectivity index (χ3n) is 3.08. The first kappa shape index (κ1) is 11.6. The fourth-order valence-electron chi connectivity index (χ4n) is 2.23. The van der Waals surface area contributed by atoms with E-state index in [0.717, 1.165) is 25.5 Å². The molecule has 0 aliphatic carbocycles. The van der Waals surface area contributed by atoms with Gasteiger partial charge in [0.1, 0.15) is 0 Å². The maximum atomic E-state index is 6.12. The monoisotopic (exact) mass is 223 g/mol. The van der Waals surface area contributed by atoms with Gasteiger partial charge in [0.15, 0.2) is 0 Å². The van der Waals surface area contributed by atoms with Crippen molar-refractivity contribution in [1.82, 2.24) is 9.55 Å². The van der Waals surface area contributed by atoms with Crippen LogP contribution in [-0.2, 0) is 16.8 Å². The second-order valence-electron chi connectivity index (χ2n) is 5.24. The van der Waals surface area contributed by atoms with Crippen molar-refractivity contribution >= 4 is 0 Å². The highest BCUT2D eigenvalue weighted by Gasteiger charge is 2.21. The van der Waals surface area contributed by atoms with Crippen molar-refractivity contribution in [2.45, 2.75) is 38.8 Å². The van der Waals surface area contributed by atoms with E-state index in [2.05, 4.69) is 9.55 Å². The lowest BCUT2D eigenvalue weighted by molar-refractivity contribution is 0.0478. The molecule has 1 saturated heterocycles. The van der Waals surface area contributed by atoms with Crippen LogP contribution in [0.4, 0.5) is 0 Å². The van der Waals surface area contributed by atoms with Crippen molar-refractivity contribution in [1.29, 1.82) is 0 Å². The van der Waals surface area contributed by atoms with Gasteiger partial charge in [0, 0.05) is 25.3 Å². The predicted octanol–water partition coefficient (Wildman–Crippen LogP) is 1.50. The lowest BCUT2D eigenvalue weighted by atomic mass is 10.00. The quantitative estimate of drug-likeness (QED) is 0.845. The van der Waals surface area contributed by atoms with Crippen molar-refractivity contribution in [3.63, 3.8) is 0 Å². The second-order valence-corrected chi connectivity index (χ2v) is 5.24. The molecule has 0 spiro atoms. The number of hydrogen-bond acceptors (Lipinski definition) is 3. The van der Waals surface area contributed by atoms with E-state index in [1.807, 2.05) is 26.4 Å². The Morgan fingerprint density at radius 2 is 2.44 bits per heavy atom. The Morgan fingerprint density at radius 3 is 3.06 bits per heavy atom. The second kappa shape index (κ2) is 4.55. The molecule has 16 heavy (non-hydrogen) atoms. The van der Waals surface area contributed by atoms with Gasteiger partial charge in [0.05, 0.1) is 24.2 Å². The third-order valence-corrected chi connectivity index (χ3v) is 3.08. The molecule has 1 atom stereocenters. The molecule has 0 amide bonds. The van der Waals surface area contributed by atoms with Gasteiger partial charge in [-0.25, -0.2) is 4.98 Å². The summed E-state index contributed by atoms with van der Waals surface area (Å²) in [4.78, 5) is 4.20.